The molecule has 2 aliphatic carbocycles. The van der Waals surface area contributed by atoms with Crippen molar-refractivity contribution in [3.05, 3.63) is 28.5 Å². The average Bonchev–Trinajstić information content (AvgIpc) is 3.23. The highest BCUT2D eigenvalue weighted by Gasteiger charge is 2.42. The Labute approximate surface area is 162 Å². The lowest BCUT2D eigenvalue weighted by atomic mass is 9.84. The van der Waals surface area contributed by atoms with Crippen LogP contribution in [0, 0.1) is 17.8 Å². The van der Waals surface area contributed by atoms with Gasteiger partial charge in [-0.05, 0) is 56.1 Å². The minimum absolute atomic E-state index is 0.0958. The van der Waals surface area contributed by atoms with Gasteiger partial charge in [-0.25, -0.2) is 9.97 Å². The van der Waals surface area contributed by atoms with Gasteiger partial charge in [0.2, 0.25) is 5.88 Å². The Morgan fingerprint density at radius 2 is 2.15 bits per heavy atom. The van der Waals surface area contributed by atoms with Gasteiger partial charge in [-0.3, -0.25) is 4.79 Å². The fourth-order valence-electron chi connectivity index (χ4n) is 4.63. The fraction of sp³-hybridized carbons (Fsp3) is 0.526. The van der Waals surface area contributed by atoms with E-state index in [0.29, 0.717) is 32.7 Å². The highest BCUT2D eigenvalue weighted by Crippen LogP contribution is 2.49. The van der Waals surface area contributed by atoms with E-state index in [1.54, 1.807) is 12.1 Å². The summed E-state index contributed by atoms with van der Waals surface area (Å²) in [7, 11) is 0. The minimum atomic E-state index is -0.139. The molecule has 26 heavy (non-hydrogen) atoms. The summed E-state index contributed by atoms with van der Waals surface area (Å²) in [6.07, 6.45) is 6.60. The van der Waals surface area contributed by atoms with E-state index in [-0.39, 0.29) is 18.6 Å². The van der Waals surface area contributed by atoms with E-state index in [0.717, 1.165) is 11.8 Å². The molecule has 1 N–H and O–H groups in total. The lowest BCUT2D eigenvalue weighted by molar-refractivity contribution is -0.124. The summed E-state index contributed by atoms with van der Waals surface area (Å²) in [4.78, 5) is 20.6. The van der Waals surface area contributed by atoms with Gasteiger partial charge in [0.05, 0.1) is 15.9 Å². The maximum absolute atomic E-state index is 12.3. The van der Waals surface area contributed by atoms with Crippen LogP contribution in [0.1, 0.15) is 32.6 Å². The van der Waals surface area contributed by atoms with Crippen LogP contribution in [0.5, 0.6) is 5.88 Å². The van der Waals surface area contributed by atoms with Gasteiger partial charge in [0.25, 0.3) is 5.91 Å². The molecule has 0 aliphatic heterocycles. The number of carbonyl (C=O) groups excluding carboxylic acids is 1. The van der Waals surface area contributed by atoms with Crippen molar-refractivity contribution in [3.8, 4) is 5.88 Å². The van der Waals surface area contributed by atoms with Gasteiger partial charge >= 0.3 is 0 Å². The number of hydrogen-bond donors (Lipinski definition) is 1. The van der Waals surface area contributed by atoms with Crippen molar-refractivity contribution in [2.75, 3.05) is 6.61 Å². The lowest BCUT2D eigenvalue weighted by Gasteiger charge is -2.28. The molecule has 0 spiro atoms. The number of rotatable bonds is 5. The number of amides is 1. The van der Waals surface area contributed by atoms with Crippen LogP contribution in [0.15, 0.2) is 18.5 Å². The molecule has 2 aromatic rings. The Balaban J connectivity index is 1.39. The van der Waals surface area contributed by atoms with Crippen LogP contribution in [0.25, 0.3) is 10.9 Å². The Morgan fingerprint density at radius 3 is 2.88 bits per heavy atom. The molecule has 138 valence electrons. The van der Waals surface area contributed by atoms with Crippen molar-refractivity contribution >= 4 is 40.0 Å². The molecule has 1 aromatic heterocycles. The van der Waals surface area contributed by atoms with Crippen molar-refractivity contribution in [1.82, 2.24) is 15.3 Å². The second-order valence-corrected chi connectivity index (χ2v) is 8.29. The van der Waals surface area contributed by atoms with E-state index >= 15 is 0 Å². The Kier molecular flexibility index (Phi) is 4.93. The number of nitrogens with one attached hydrogen (secondary N) is 1. The first-order chi connectivity index (χ1) is 12.5. The third-order valence-corrected chi connectivity index (χ3v) is 6.29. The van der Waals surface area contributed by atoms with Crippen molar-refractivity contribution in [3.63, 3.8) is 0 Å². The van der Waals surface area contributed by atoms with Gasteiger partial charge in [-0.15, -0.1) is 0 Å². The predicted octanol–water partition coefficient (Wildman–Crippen LogP) is 4.26. The van der Waals surface area contributed by atoms with Crippen LogP contribution in [0.4, 0.5) is 0 Å². The van der Waals surface area contributed by atoms with E-state index in [1.165, 1.54) is 32.0 Å². The molecule has 4 atom stereocenters. The second-order valence-electron chi connectivity index (χ2n) is 7.45. The summed E-state index contributed by atoms with van der Waals surface area (Å²) in [5, 5.41) is 4.58. The van der Waals surface area contributed by atoms with Gasteiger partial charge in [0.1, 0.15) is 6.33 Å². The SMILES string of the molecule is C[C@@H](NC(=O)COc1ncnc2c(Cl)cc(Cl)cc12)[C@@H]1C[C@H]2CC[C@H]1C2. The molecule has 5 nitrogen and oxygen atoms in total. The molecule has 7 heteroatoms. The number of aromatic nitrogens is 2. The van der Waals surface area contributed by atoms with E-state index in [1.807, 2.05) is 0 Å². The molecule has 4 rings (SSSR count). The molecular weight excluding hydrogens is 373 g/mol. The summed E-state index contributed by atoms with van der Waals surface area (Å²) in [5.41, 5.74) is 0.553. The normalized spacial score (nSPS) is 25.4. The number of fused-ring (bicyclic) bond motifs is 3. The van der Waals surface area contributed by atoms with Crippen molar-refractivity contribution in [1.29, 1.82) is 0 Å². The Bertz CT molecular complexity index is 845. The minimum Gasteiger partial charge on any atom is -0.467 e. The number of hydrogen-bond acceptors (Lipinski definition) is 4. The van der Waals surface area contributed by atoms with Crippen molar-refractivity contribution in [2.24, 2.45) is 17.8 Å². The zero-order valence-corrected chi connectivity index (χ0v) is 16.1. The highest BCUT2D eigenvalue weighted by atomic mass is 35.5. The topological polar surface area (TPSA) is 64.1 Å². The van der Waals surface area contributed by atoms with E-state index < -0.39 is 0 Å². The number of halogens is 2. The molecule has 2 saturated carbocycles. The maximum Gasteiger partial charge on any atom is 0.258 e. The molecule has 2 bridgehead atoms. The largest absolute Gasteiger partial charge is 0.467 e. The first kappa shape index (κ1) is 17.8. The lowest BCUT2D eigenvalue weighted by Crippen LogP contribution is -2.42. The van der Waals surface area contributed by atoms with Crippen LogP contribution in [0.3, 0.4) is 0 Å². The molecule has 0 radical (unpaired) electrons. The maximum atomic E-state index is 12.3. The summed E-state index contributed by atoms with van der Waals surface area (Å²) in [6.45, 7) is 2.00. The zero-order valence-electron chi connectivity index (χ0n) is 14.5. The smallest absolute Gasteiger partial charge is 0.258 e. The van der Waals surface area contributed by atoms with Crippen LogP contribution in [-0.2, 0) is 4.79 Å². The van der Waals surface area contributed by atoms with Crippen LogP contribution >= 0.6 is 23.2 Å². The molecule has 0 unspecified atom stereocenters. The number of benzene rings is 1. The van der Waals surface area contributed by atoms with E-state index in [9.17, 15) is 4.79 Å². The van der Waals surface area contributed by atoms with E-state index in [4.69, 9.17) is 27.9 Å². The monoisotopic (exact) mass is 393 g/mol. The molecular formula is C19H21Cl2N3O2. The number of carbonyl (C=O) groups is 1. The number of ether oxygens (including phenoxy) is 1. The van der Waals surface area contributed by atoms with Gasteiger partial charge in [0.15, 0.2) is 6.61 Å². The zero-order chi connectivity index (χ0) is 18.3. The fourth-order valence-corrected chi connectivity index (χ4v) is 5.17. The van der Waals surface area contributed by atoms with E-state index in [2.05, 4.69) is 22.2 Å². The quantitative estimate of drug-likeness (QED) is 0.823. The van der Waals surface area contributed by atoms with Crippen molar-refractivity contribution < 1.29 is 9.53 Å². The summed E-state index contributed by atoms with van der Waals surface area (Å²) in [5.74, 6) is 2.39. The van der Waals surface area contributed by atoms with Crippen molar-refractivity contribution in [2.45, 2.75) is 38.6 Å². The molecule has 2 aliphatic rings. The third kappa shape index (κ3) is 3.47. The summed E-state index contributed by atoms with van der Waals surface area (Å²) < 4.78 is 5.64. The standard InChI is InChI=1S/C19H21Cl2N3O2/c1-10(14-5-11-2-3-12(14)4-11)24-17(25)8-26-19-15-6-13(20)7-16(21)18(15)22-9-23-19/h6-7,9-12,14H,2-5,8H2,1H3,(H,24,25)/t10-,11+,12+,14+/m1/s1. The molecule has 1 heterocycles. The average molecular weight is 394 g/mol. The molecule has 1 amide bonds. The van der Waals surface area contributed by atoms with Crippen LogP contribution in [0.2, 0.25) is 10.0 Å². The second kappa shape index (κ2) is 7.20. The first-order valence-corrected chi connectivity index (χ1v) is 9.78. The third-order valence-electron chi connectivity index (χ3n) is 5.78. The van der Waals surface area contributed by atoms with Gasteiger partial charge in [0, 0.05) is 11.1 Å². The van der Waals surface area contributed by atoms with Gasteiger partial charge in [-0.1, -0.05) is 29.6 Å². The Hall–Kier alpha value is -1.59. The molecule has 0 saturated heterocycles. The van der Waals surface area contributed by atoms with Crippen LogP contribution < -0.4 is 10.1 Å². The Morgan fingerprint density at radius 1 is 1.31 bits per heavy atom. The summed E-state index contributed by atoms with van der Waals surface area (Å²) >= 11 is 12.2. The van der Waals surface area contributed by atoms with Crippen LogP contribution in [-0.4, -0.2) is 28.5 Å². The first-order valence-electron chi connectivity index (χ1n) is 9.03. The molecule has 1 aromatic carbocycles. The highest BCUT2D eigenvalue weighted by molar-refractivity contribution is 6.38. The summed E-state index contributed by atoms with van der Waals surface area (Å²) in [6, 6.07) is 3.48. The van der Waals surface area contributed by atoms with Gasteiger partial charge in [-0.2, -0.15) is 0 Å². The number of nitrogens with zero attached hydrogens (tertiary/aromatic N) is 2. The predicted molar refractivity (Wildman–Crippen MR) is 102 cm³/mol. The van der Waals surface area contributed by atoms with Gasteiger partial charge < -0.3 is 10.1 Å². The molecule has 2 fully saturated rings.